The average Bonchev–Trinajstić information content (AvgIpc) is 3.93. The fourth-order valence-corrected chi connectivity index (χ4v) is 13.9. The van der Waals surface area contributed by atoms with Crippen LogP contribution < -0.4 is 25.0 Å². The summed E-state index contributed by atoms with van der Waals surface area (Å²) in [5.74, 6) is 0.901. The van der Waals surface area contributed by atoms with E-state index in [0.29, 0.717) is 19.5 Å². The summed E-state index contributed by atoms with van der Waals surface area (Å²) in [7, 11) is -2.85. The zero-order chi connectivity index (χ0) is 41.9. The minimum Gasteiger partial charge on any atom is -0.534 e. The van der Waals surface area contributed by atoms with Gasteiger partial charge in [-0.15, -0.1) is 0 Å². The van der Waals surface area contributed by atoms with E-state index in [1.807, 2.05) is 17.3 Å². The molecular weight excluding hydrogens is 765 g/mol. The molecule has 304 valence electrons. The van der Waals surface area contributed by atoms with Crippen LogP contribution in [0.5, 0.6) is 5.75 Å². The highest BCUT2D eigenvalue weighted by molar-refractivity contribution is 7.00. The fourth-order valence-electron chi connectivity index (χ4n) is 9.50. The molecule has 61 heavy (non-hydrogen) atoms. The second-order valence-electron chi connectivity index (χ2n) is 17.0. The van der Waals surface area contributed by atoms with Crippen LogP contribution in [0.25, 0.3) is 10.8 Å². The van der Waals surface area contributed by atoms with Gasteiger partial charge in [0.05, 0.1) is 23.8 Å². The van der Waals surface area contributed by atoms with Crippen molar-refractivity contribution in [2.75, 3.05) is 18.0 Å². The van der Waals surface area contributed by atoms with Crippen molar-refractivity contribution in [3.8, 4) is 5.75 Å². The standard InChI is InChI=1S/C54H52N4O2Si/c1-53(2,3)61(47-27-15-7-16-28-47,48-29-17-8-18-30-48)60-46-33-32-41-20-19-31-51(49(41)38-46)58-37-35-50(52(58)59)55-36-34-45-39-57(40-56-45)54(42-21-9-4-10-22-42,43-23-11-5-12-24-43)44-25-13-6-14-26-44/h4-33,38-40,50,55H,34-37H2,1-3H3. The van der Waals surface area contributed by atoms with Gasteiger partial charge < -0.3 is 19.2 Å². The second-order valence-corrected chi connectivity index (χ2v) is 21.3. The topological polar surface area (TPSA) is 59.4 Å². The lowest BCUT2D eigenvalue weighted by molar-refractivity contribution is -0.118. The van der Waals surface area contributed by atoms with Crippen molar-refractivity contribution in [3.63, 3.8) is 0 Å². The van der Waals surface area contributed by atoms with Crippen molar-refractivity contribution in [1.29, 1.82) is 0 Å². The summed E-state index contributed by atoms with van der Waals surface area (Å²) in [6, 6.07) is 65.7. The number of anilines is 1. The first-order valence-electron chi connectivity index (χ1n) is 21.4. The van der Waals surface area contributed by atoms with Gasteiger partial charge in [-0.25, -0.2) is 4.98 Å². The Morgan fingerprint density at radius 2 is 1.21 bits per heavy atom. The molecule has 7 heteroatoms. The first kappa shape index (κ1) is 39.9. The van der Waals surface area contributed by atoms with Crippen molar-refractivity contribution in [2.45, 2.75) is 50.2 Å². The summed E-state index contributed by atoms with van der Waals surface area (Å²) < 4.78 is 9.67. The van der Waals surface area contributed by atoms with Crippen LogP contribution in [0, 0.1) is 0 Å². The lowest BCUT2D eigenvalue weighted by Gasteiger charge is -2.43. The van der Waals surface area contributed by atoms with Crippen LogP contribution in [0.4, 0.5) is 5.69 Å². The lowest BCUT2D eigenvalue weighted by Crippen LogP contribution is -2.68. The number of hydrogen-bond acceptors (Lipinski definition) is 4. The summed E-state index contributed by atoms with van der Waals surface area (Å²) in [5.41, 5.74) is 4.72. The molecule has 1 N–H and O–H groups in total. The smallest absolute Gasteiger partial charge is 0.319 e. The minimum atomic E-state index is -2.85. The third-order valence-electron chi connectivity index (χ3n) is 12.4. The molecule has 2 heterocycles. The van der Waals surface area contributed by atoms with Gasteiger partial charge in [0.2, 0.25) is 5.91 Å². The summed E-state index contributed by atoms with van der Waals surface area (Å²) in [5, 5.41) is 7.96. The van der Waals surface area contributed by atoms with E-state index in [2.05, 4.69) is 219 Å². The van der Waals surface area contributed by atoms with E-state index in [4.69, 9.17) is 9.41 Å². The van der Waals surface area contributed by atoms with Gasteiger partial charge in [-0.1, -0.05) is 191 Å². The number of benzene rings is 7. The molecule has 1 aliphatic heterocycles. The van der Waals surface area contributed by atoms with Crippen LogP contribution in [0.15, 0.2) is 201 Å². The molecule has 0 saturated carbocycles. The summed E-state index contributed by atoms with van der Waals surface area (Å²) >= 11 is 0. The van der Waals surface area contributed by atoms with Gasteiger partial charge in [0, 0.05) is 31.1 Å². The van der Waals surface area contributed by atoms with Gasteiger partial charge in [-0.2, -0.15) is 0 Å². The summed E-state index contributed by atoms with van der Waals surface area (Å²) in [4.78, 5) is 21.1. The first-order chi connectivity index (χ1) is 29.8. The molecule has 0 aliphatic carbocycles. The Labute approximate surface area is 360 Å². The highest BCUT2D eigenvalue weighted by Crippen LogP contribution is 2.42. The molecule has 1 unspecified atom stereocenters. The zero-order valence-corrected chi connectivity index (χ0v) is 36.1. The molecule has 0 spiro atoms. The monoisotopic (exact) mass is 816 g/mol. The van der Waals surface area contributed by atoms with Crippen LogP contribution in [0.3, 0.4) is 0 Å². The van der Waals surface area contributed by atoms with E-state index in [9.17, 15) is 4.79 Å². The third-order valence-corrected chi connectivity index (χ3v) is 17.3. The predicted molar refractivity (Wildman–Crippen MR) is 251 cm³/mol. The van der Waals surface area contributed by atoms with Crippen LogP contribution in [0.1, 0.15) is 49.6 Å². The molecule has 6 nitrogen and oxygen atoms in total. The Kier molecular flexibility index (Phi) is 11.0. The molecule has 1 amide bonds. The third kappa shape index (κ3) is 7.38. The SMILES string of the molecule is CC(C)(C)[Si](Oc1ccc2cccc(N3CCC(NCCc4cn(C(c5ccccc5)(c5ccccc5)c5ccccc5)cn4)C3=O)c2c1)(c1ccccc1)c1ccccc1. The highest BCUT2D eigenvalue weighted by Gasteiger charge is 2.52. The van der Waals surface area contributed by atoms with Crippen LogP contribution >= 0.6 is 0 Å². The molecule has 1 aromatic heterocycles. The number of nitrogens with zero attached hydrogens (tertiary/aromatic N) is 3. The van der Waals surface area contributed by atoms with Crippen molar-refractivity contribution in [1.82, 2.24) is 14.9 Å². The molecule has 7 aromatic carbocycles. The number of hydrogen-bond donors (Lipinski definition) is 1. The minimum absolute atomic E-state index is 0.0904. The van der Waals surface area contributed by atoms with Gasteiger partial charge in [-0.05, 0) is 62.1 Å². The number of amides is 1. The van der Waals surface area contributed by atoms with E-state index in [-0.39, 0.29) is 17.0 Å². The van der Waals surface area contributed by atoms with Crippen molar-refractivity contribution >= 4 is 41.1 Å². The quantitative estimate of drug-likeness (QED) is 0.0931. The molecule has 9 rings (SSSR count). The van der Waals surface area contributed by atoms with E-state index >= 15 is 0 Å². The van der Waals surface area contributed by atoms with Gasteiger partial charge >= 0.3 is 8.32 Å². The van der Waals surface area contributed by atoms with Crippen molar-refractivity contribution < 1.29 is 9.22 Å². The molecule has 1 saturated heterocycles. The molecular formula is C54H52N4O2Si. The van der Waals surface area contributed by atoms with Gasteiger partial charge in [-0.3, -0.25) is 4.79 Å². The molecule has 0 radical (unpaired) electrons. The van der Waals surface area contributed by atoms with Gasteiger partial charge in [0.15, 0.2) is 0 Å². The van der Waals surface area contributed by atoms with Crippen molar-refractivity contribution in [2.24, 2.45) is 0 Å². The van der Waals surface area contributed by atoms with Crippen molar-refractivity contribution in [3.05, 3.63) is 223 Å². The van der Waals surface area contributed by atoms with E-state index < -0.39 is 13.9 Å². The fraction of sp³-hybridized carbons (Fsp3) is 0.185. The maximum Gasteiger partial charge on any atom is 0.319 e. The average molecular weight is 817 g/mol. The van der Waals surface area contributed by atoms with E-state index in [1.165, 1.54) is 10.4 Å². The number of rotatable bonds is 13. The molecule has 0 bridgehead atoms. The largest absolute Gasteiger partial charge is 0.534 e. The van der Waals surface area contributed by atoms with Gasteiger partial charge in [0.25, 0.3) is 0 Å². The maximum atomic E-state index is 14.2. The Balaban J connectivity index is 0.956. The Bertz CT molecular complexity index is 2580. The van der Waals surface area contributed by atoms with Crippen LogP contribution in [-0.2, 0) is 16.8 Å². The normalized spacial score (nSPS) is 14.7. The van der Waals surface area contributed by atoms with Crippen LogP contribution in [0.2, 0.25) is 5.04 Å². The van der Waals surface area contributed by atoms with E-state index in [1.54, 1.807) is 0 Å². The summed E-state index contributed by atoms with van der Waals surface area (Å²) in [6.45, 7) is 8.14. The first-order valence-corrected chi connectivity index (χ1v) is 23.3. The lowest BCUT2D eigenvalue weighted by atomic mass is 9.77. The predicted octanol–water partition coefficient (Wildman–Crippen LogP) is 9.75. The molecule has 8 aromatic rings. The molecule has 1 fully saturated rings. The van der Waals surface area contributed by atoms with Gasteiger partial charge in [0.1, 0.15) is 11.3 Å². The number of nitrogens with one attached hydrogen (secondary N) is 1. The van der Waals surface area contributed by atoms with E-state index in [0.717, 1.165) is 51.0 Å². The Hall–Kier alpha value is -6.54. The number of aromatic nitrogens is 2. The number of carbonyl (C=O) groups excluding carboxylic acids is 1. The number of imidazole rings is 1. The van der Waals surface area contributed by atoms with Crippen LogP contribution in [-0.4, -0.2) is 42.9 Å². The maximum absolute atomic E-state index is 14.2. The molecule has 1 aliphatic rings. The number of fused-ring (bicyclic) bond motifs is 1. The second kappa shape index (κ2) is 16.8. The summed E-state index contributed by atoms with van der Waals surface area (Å²) in [6.07, 6.45) is 5.53. The molecule has 1 atom stereocenters. The zero-order valence-electron chi connectivity index (χ0n) is 35.1. The number of carbonyl (C=O) groups is 1. The highest BCUT2D eigenvalue weighted by atomic mass is 28.4. The Morgan fingerprint density at radius 1 is 0.672 bits per heavy atom. The Morgan fingerprint density at radius 3 is 1.75 bits per heavy atom.